The van der Waals surface area contributed by atoms with Gasteiger partial charge in [0.1, 0.15) is 5.75 Å². The Labute approximate surface area is 95.2 Å². The molecule has 0 spiro atoms. The summed E-state index contributed by atoms with van der Waals surface area (Å²) in [4.78, 5) is 4.59. The van der Waals surface area contributed by atoms with Crippen LogP contribution in [0, 0.1) is 6.92 Å². The average Bonchev–Trinajstić information content (AvgIpc) is 2.28. The van der Waals surface area contributed by atoms with Gasteiger partial charge in [-0.1, -0.05) is 6.92 Å². The minimum Gasteiger partial charge on any atom is -0.497 e. The quantitative estimate of drug-likeness (QED) is 0.785. The van der Waals surface area contributed by atoms with Crippen molar-refractivity contribution in [2.24, 2.45) is 0 Å². The molecular formula is C13H16N2O. The van der Waals surface area contributed by atoms with Crippen molar-refractivity contribution in [3.05, 3.63) is 29.5 Å². The van der Waals surface area contributed by atoms with E-state index in [2.05, 4.69) is 24.9 Å². The molecule has 0 aliphatic heterocycles. The third-order valence-corrected chi connectivity index (χ3v) is 2.79. The van der Waals surface area contributed by atoms with Crippen molar-refractivity contribution >= 4 is 16.6 Å². The van der Waals surface area contributed by atoms with Gasteiger partial charge < -0.3 is 10.5 Å². The van der Waals surface area contributed by atoms with E-state index in [0.29, 0.717) is 5.69 Å². The van der Waals surface area contributed by atoms with Crippen LogP contribution in [0.25, 0.3) is 10.9 Å². The first-order valence-electron chi connectivity index (χ1n) is 5.39. The van der Waals surface area contributed by atoms with Crippen molar-refractivity contribution in [2.45, 2.75) is 20.3 Å². The molecule has 1 heterocycles. The molecule has 84 valence electrons. The summed E-state index contributed by atoms with van der Waals surface area (Å²) in [5.41, 5.74) is 9.80. The molecule has 0 unspecified atom stereocenters. The van der Waals surface area contributed by atoms with Crippen molar-refractivity contribution in [1.82, 2.24) is 4.98 Å². The lowest BCUT2D eigenvalue weighted by atomic mass is 10.1. The van der Waals surface area contributed by atoms with Crippen LogP contribution in [0.1, 0.15) is 18.2 Å². The van der Waals surface area contributed by atoms with Gasteiger partial charge in [-0.25, -0.2) is 0 Å². The number of rotatable bonds is 2. The molecule has 3 heteroatoms. The molecule has 2 N–H and O–H groups in total. The van der Waals surface area contributed by atoms with Crippen LogP contribution in [0.2, 0.25) is 0 Å². The summed E-state index contributed by atoms with van der Waals surface area (Å²) in [6.45, 7) is 4.17. The zero-order valence-corrected chi connectivity index (χ0v) is 9.87. The van der Waals surface area contributed by atoms with E-state index in [1.54, 1.807) is 7.11 Å². The SMILES string of the molecule is CCc1nc2c(N)cc(OC)cc2cc1C. The first kappa shape index (κ1) is 10.7. The topological polar surface area (TPSA) is 48.1 Å². The van der Waals surface area contributed by atoms with Crippen LogP contribution >= 0.6 is 0 Å². The summed E-state index contributed by atoms with van der Waals surface area (Å²) in [5.74, 6) is 0.774. The van der Waals surface area contributed by atoms with Gasteiger partial charge in [0.05, 0.1) is 18.3 Å². The minimum atomic E-state index is 0.670. The molecule has 16 heavy (non-hydrogen) atoms. The van der Waals surface area contributed by atoms with Gasteiger partial charge in [0.25, 0.3) is 0 Å². The van der Waals surface area contributed by atoms with Gasteiger partial charge in [-0.3, -0.25) is 4.98 Å². The van der Waals surface area contributed by atoms with Gasteiger partial charge in [-0.2, -0.15) is 0 Å². The number of aryl methyl sites for hydroxylation is 2. The van der Waals surface area contributed by atoms with Crippen molar-refractivity contribution in [1.29, 1.82) is 0 Å². The summed E-state index contributed by atoms with van der Waals surface area (Å²) in [5, 5.41) is 1.03. The maximum atomic E-state index is 5.96. The highest BCUT2D eigenvalue weighted by atomic mass is 16.5. The second-order valence-corrected chi connectivity index (χ2v) is 3.89. The van der Waals surface area contributed by atoms with E-state index in [0.717, 1.165) is 28.8 Å². The highest BCUT2D eigenvalue weighted by molar-refractivity contribution is 5.91. The number of pyridine rings is 1. The van der Waals surface area contributed by atoms with Gasteiger partial charge in [-0.15, -0.1) is 0 Å². The molecule has 0 bridgehead atoms. The number of hydrogen-bond acceptors (Lipinski definition) is 3. The number of nitrogens with two attached hydrogens (primary N) is 1. The monoisotopic (exact) mass is 216 g/mol. The van der Waals surface area contributed by atoms with Gasteiger partial charge in [-0.05, 0) is 31.0 Å². The second-order valence-electron chi connectivity index (χ2n) is 3.89. The molecule has 0 saturated heterocycles. The highest BCUT2D eigenvalue weighted by Crippen LogP contribution is 2.27. The maximum Gasteiger partial charge on any atom is 0.121 e. The number of nitrogens with zero attached hydrogens (tertiary/aromatic N) is 1. The lowest BCUT2D eigenvalue weighted by Gasteiger charge is -2.09. The highest BCUT2D eigenvalue weighted by Gasteiger charge is 2.06. The van der Waals surface area contributed by atoms with Gasteiger partial charge >= 0.3 is 0 Å². The average molecular weight is 216 g/mol. The van der Waals surface area contributed by atoms with E-state index < -0.39 is 0 Å². The smallest absolute Gasteiger partial charge is 0.121 e. The zero-order valence-electron chi connectivity index (χ0n) is 9.87. The van der Waals surface area contributed by atoms with Gasteiger partial charge in [0.2, 0.25) is 0 Å². The third-order valence-electron chi connectivity index (χ3n) is 2.79. The van der Waals surface area contributed by atoms with E-state index >= 15 is 0 Å². The molecule has 0 amide bonds. The predicted molar refractivity (Wildman–Crippen MR) is 66.8 cm³/mol. The van der Waals surface area contributed by atoms with E-state index in [1.807, 2.05) is 12.1 Å². The Hall–Kier alpha value is -1.77. The number of hydrogen-bond donors (Lipinski definition) is 1. The van der Waals surface area contributed by atoms with Crippen LogP contribution < -0.4 is 10.5 Å². The molecule has 3 nitrogen and oxygen atoms in total. The number of aromatic nitrogens is 1. The molecule has 2 rings (SSSR count). The van der Waals surface area contributed by atoms with Crippen LogP contribution in [-0.4, -0.2) is 12.1 Å². The van der Waals surface area contributed by atoms with Gasteiger partial charge in [0.15, 0.2) is 0 Å². The van der Waals surface area contributed by atoms with Crippen LogP contribution in [0.4, 0.5) is 5.69 Å². The lowest BCUT2D eigenvalue weighted by molar-refractivity contribution is 0.415. The summed E-state index contributed by atoms with van der Waals surface area (Å²) in [6.07, 6.45) is 0.924. The number of benzene rings is 1. The molecule has 1 aromatic heterocycles. The molecular weight excluding hydrogens is 200 g/mol. The summed E-state index contributed by atoms with van der Waals surface area (Å²) in [7, 11) is 1.64. The number of fused-ring (bicyclic) bond motifs is 1. The Bertz CT molecular complexity index is 535. The molecule has 0 radical (unpaired) electrons. The Morgan fingerprint density at radius 3 is 2.69 bits per heavy atom. The first-order chi connectivity index (χ1) is 7.65. The van der Waals surface area contributed by atoms with Crippen LogP contribution in [0.15, 0.2) is 18.2 Å². The first-order valence-corrected chi connectivity index (χ1v) is 5.39. The molecule has 0 aliphatic rings. The number of anilines is 1. The van der Waals surface area contributed by atoms with Crippen LogP contribution in [0.5, 0.6) is 5.75 Å². The second kappa shape index (κ2) is 4.00. The number of ether oxygens (including phenoxy) is 1. The predicted octanol–water partition coefficient (Wildman–Crippen LogP) is 2.70. The molecule has 1 aromatic carbocycles. The Kier molecular flexibility index (Phi) is 2.69. The van der Waals surface area contributed by atoms with Crippen LogP contribution in [-0.2, 0) is 6.42 Å². The van der Waals surface area contributed by atoms with Crippen molar-refractivity contribution in [2.75, 3.05) is 12.8 Å². The normalized spacial score (nSPS) is 10.7. The molecule has 2 aromatic rings. The lowest BCUT2D eigenvalue weighted by Crippen LogP contribution is -1.97. The molecule has 0 atom stereocenters. The van der Waals surface area contributed by atoms with Crippen LogP contribution in [0.3, 0.4) is 0 Å². The molecule has 0 saturated carbocycles. The fourth-order valence-corrected chi connectivity index (χ4v) is 1.91. The summed E-state index contributed by atoms with van der Waals surface area (Å²) in [6, 6.07) is 5.88. The van der Waals surface area contributed by atoms with E-state index in [9.17, 15) is 0 Å². The standard InChI is InChI=1S/C13H16N2O/c1-4-12-8(2)5-9-6-10(16-3)7-11(14)13(9)15-12/h5-7H,4,14H2,1-3H3. The number of nitrogen functional groups attached to an aromatic ring is 1. The maximum absolute atomic E-state index is 5.96. The molecule has 0 fully saturated rings. The fraction of sp³-hybridized carbons (Fsp3) is 0.308. The third kappa shape index (κ3) is 1.69. The van der Waals surface area contributed by atoms with Gasteiger partial charge in [0, 0.05) is 17.1 Å². The largest absolute Gasteiger partial charge is 0.497 e. The summed E-state index contributed by atoms with van der Waals surface area (Å²) < 4.78 is 5.19. The fourth-order valence-electron chi connectivity index (χ4n) is 1.91. The van der Waals surface area contributed by atoms with Crippen molar-refractivity contribution < 1.29 is 4.74 Å². The van der Waals surface area contributed by atoms with Crippen molar-refractivity contribution in [3.8, 4) is 5.75 Å². The van der Waals surface area contributed by atoms with E-state index in [-0.39, 0.29) is 0 Å². The Morgan fingerprint density at radius 2 is 2.06 bits per heavy atom. The molecule has 0 aliphatic carbocycles. The van der Waals surface area contributed by atoms with E-state index in [4.69, 9.17) is 10.5 Å². The van der Waals surface area contributed by atoms with E-state index in [1.165, 1.54) is 5.56 Å². The minimum absolute atomic E-state index is 0.670. The Balaban J connectivity index is 2.75. The zero-order chi connectivity index (χ0) is 11.7. The number of methoxy groups -OCH3 is 1. The van der Waals surface area contributed by atoms with Crippen molar-refractivity contribution in [3.63, 3.8) is 0 Å². The summed E-state index contributed by atoms with van der Waals surface area (Å²) >= 11 is 0. The Morgan fingerprint density at radius 1 is 1.31 bits per heavy atom.